The summed E-state index contributed by atoms with van der Waals surface area (Å²) in [7, 11) is -3.48. The molecule has 0 heterocycles. The summed E-state index contributed by atoms with van der Waals surface area (Å²) >= 11 is 0. The predicted molar refractivity (Wildman–Crippen MR) is 59.6 cm³/mol. The van der Waals surface area contributed by atoms with Gasteiger partial charge in [-0.2, -0.15) is 0 Å². The van der Waals surface area contributed by atoms with Gasteiger partial charge in [-0.25, -0.2) is 13.1 Å². The van der Waals surface area contributed by atoms with Crippen molar-refractivity contribution < 1.29 is 13.5 Å². The number of benzene rings is 1. The Hall–Kier alpha value is -0.820. The largest absolute Gasteiger partial charge is 0.508 e. The van der Waals surface area contributed by atoms with Gasteiger partial charge in [0, 0.05) is 13.1 Å². The lowest BCUT2D eigenvalue weighted by Gasteiger charge is -2.04. The molecule has 7 heteroatoms. The minimum atomic E-state index is -3.48. The maximum Gasteiger partial charge on any atom is 0.240 e. The van der Waals surface area contributed by atoms with E-state index in [1.165, 1.54) is 24.3 Å². The van der Waals surface area contributed by atoms with Crippen molar-refractivity contribution in [1.82, 2.24) is 4.72 Å². The number of rotatable bonds is 4. The van der Waals surface area contributed by atoms with E-state index in [1.54, 1.807) is 0 Å². The van der Waals surface area contributed by atoms with Crippen LogP contribution in [0.1, 0.15) is 0 Å². The molecule has 86 valence electrons. The fourth-order valence-electron chi connectivity index (χ4n) is 0.902. The van der Waals surface area contributed by atoms with Crippen LogP contribution in [0.4, 0.5) is 0 Å². The van der Waals surface area contributed by atoms with Crippen LogP contribution in [0.15, 0.2) is 29.2 Å². The Kier molecular flexibility index (Phi) is 5.59. The number of aromatic hydroxyl groups is 1. The van der Waals surface area contributed by atoms with Crippen molar-refractivity contribution in [3.05, 3.63) is 24.3 Å². The first-order valence-corrected chi connectivity index (χ1v) is 5.53. The van der Waals surface area contributed by atoms with Crippen LogP contribution in [0, 0.1) is 0 Å². The molecule has 0 unspecified atom stereocenters. The van der Waals surface area contributed by atoms with Gasteiger partial charge in [0.25, 0.3) is 0 Å². The van der Waals surface area contributed by atoms with Crippen LogP contribution in [-0.4, -0.2) is 26.6 Å². The predicted octanol–water partition coefficient (Wildman–Crippen LogP) is 0.0510. The van der Waals surface area contributed by atoms with Gasteiger partial charge in [0.2, 0.25) is 10.0 Å². The van der Waals surface area contributed by atoms with Crippen LogP contribution in [0.3, 0.4) is 0 Å². The number of halogens is 1. The van der Waals surface area contributed by atoms with Crippen LogP contribution in [-0.2, 0) is 10.0 Å². The summed E-state index contributed by atoms with van der Waals surface area (Å²) in [5.41, 5.74) is 5.17. The van der Waals surface area contributed by atoms with Crippen molar-refractivity contribution in [2.45, 2.75) is 4.90 Å². The molecule has 0 saturated carbocycles. The molecule has 0 amide bonds. The highest BCUT2D eigenvalue weighted by atomic mass is 35.5. The Morgan fingerprint density at radius 1 is 1.27 bits per heavy atom. The van der Waals surface area contributed by atoms with Gasteiger partial charge in [0.15, 0.2) is 0 Å². The van der Waals surface area contributed by atoms with E-state index in [9.17, 15) is 8.42 Å². The molecular formula is C8H13ClN2O3S. The van der Waals surface area contributed by atoms with Gasteiger partial charge in [0.05, 0.1) is 4.90 Å². The first-order valence-electron chi connectivity index (χ1n) is 4.05. The molecule has 0 atom stereocenters. The van der Waals surface area contributed by atoms with Gasteiger partial charge in [0.1, 0.15) is 5.75 Å². The highest BCUT2D eigenvalue weighted by Gasteiger charge is 2.11. The van der Waals surface area contributed by atoms with Crippen LogP contribution in [0.2, 0.25) is 0 Å². The first kappa shape index (κ1) is 14.2. The molecule has 0 spiro atoms. The van der Waals surface area contributed by atoms with E-state index >= 15 is 0 Å². The van der Waals surface area contributed by atoms with Crippen LogP contribution in [0.5, 0.6) is 5.75 Å². The average Bonchev–Trinajstić information content (AvgIpc) is 2.16. The van der Waals surface area contributed by atoms with Crippen LogP contribution in [0.25, 0.3) is 0 Å². The third kappa shape index (κ3) is 4.05. The van der Waals surface area contributed by atoms with Gasteiger partial charge in [-0.15, -0.1) is 12.4 Å². The number of hydrogen-bond donors (Lipinski definition) is 3. The molecule has 1 aromatic carbocycles. The van der Waals surface area contributed by atoms with Crippen LogP contribution < -0.4 is 10.5 Å². The second-order valence-electron chi connectivity index (χ2n) is 2.68. The average molecular weight is 253 g/mol. The quantitative estimate of drug-likeness (QED) is 0.706. The zero-order chi connectivity index (χ0) is 10.6. The van der Waals surface area contributed by atoms with Gasteiger partial charge < -0.3 is 10.8 Å². The van der Waals surface area contributed by atoms with E-state index in [0.29, 0.717) is 0 Å². The van der Waals surface area contributed by atoms with Gasteiger partial charge in [-0.1, -0.05) is 0 Å². The Morgan fingerprint density at radius 2 is 1.80 bits per heavy atom. The summed E-state index contributed by atoms with van der Waals surface area (Å²) in [6.07, 6.45) is 0. The number of phenolic OH excluding ortho intramolecular Hbond substituents is 1. The van der Waals surface area contributed by atoms with Gasteiger partial charge >= 0.3 is 0 Å². The van der Waals surface area contributed by atoms with E-state index < -0.39 is 10.0 Å². The molecule has 0 bridgehead atoms. The summed E-state index contributed by atoms with van der Waals surface area (Å²) in [6.45, 7) is 0.445. The normalized spacial score (nSPS) is 10.7. The number of hydrogen-bond acceptors (Lipinski definition) is 4. The molecule has 5 nitrogen and oxygen atoms in total. The number of phenols is 1. The second-order valence-corrected chi connectivity index (χ2v) is 4.45. The lowest BCUT2D eigenvalue weighted by molar-refractivity contribution is 0.474. The molecule has 0 fully saturated rings. The van der Waals surface area contributed by atoms with Crippen molar-refractivity contribution in [2.24, 2.45) is 5.73 Å². The van der Waals surface area contributed by atoms with E-state index in [0.717, 1.165) is 0 Å². The fourth-order valence-corrected chi connectivity index (χ4v) is 1.95. The molecule has 0 aliphatic carbocycles. The highest BCUT2D eigenvalue weighted by molar-refractivity contribution is 7.89. The standard InChI is InChI=1S/C8H12N2O3S.ClH/c9-5-6-10-14(12,13)8-3-1-7(11)2-4-8;/h1-4,10-11H,5-6,9H2;1H. The third-order valence-corrected chi connectivity index (χ3v) is 3.06. The molecular weight excluding hydrogens is 240 g/mol. The van der Waals surface area contributed by atoms with E-state index in [-0.39, 0.29) is 36.1 Å². The second kappa shape index (κ2) is 5.92. The minimum Gasteiger partial charge on any atom is -0.508 e. The van der Waals surface area contributed by atoms with Gasteiger partial charge in [-0.3, -0.25) is 0 Å². The Balaban J connectivity index is 0.00000196. The van der Waals surface area contributed by atoms with E-state index in [4.69, 9.17) is 10.8 Å². The third-order valence-electron chi connectivity index (χ3n) is 1.58. The van der Waals surface area contributed by atoms with Gasteiger partial charge in [-0.05, 0) is 24.3 Å². The summed E-state index contributed by atoms with van der Waals surface area (Å²) in [6, 6.07) is 5.29. The zero-order valence-corrected chi connectivity index (χ0v) is 9.51. The van der Waals surface area contributed by atoms with E-state index in [1.807, 2.05) is 0 Å². The van der Waals surface area contributed by atoms with Crippen LogP contribution >= 0.6 is 12.4 Å². The first-order chi connectivity index (χ1) is 6.56. The lowest BCUT2D eigenvalue weighted by atomic mass is 10.3. The maximum atomic E-state index is 11.5. The topological polar surface area (TPSA) is 92.4 Å². The Bertz CT molecular complexity index is 391. The summed E-state index contributed by atoms with van der Waals surface area (Å²) in [4.78, 5) is 0.115. The van der Waals surface area contributed by atoms with Crippen molar-refractivity contribution in [3.63, 3.8) is 0 Å². The highest BCUT2D eigenvalue weighted by Crippen LogP contribution is 2.13. The van der Waals surface area contributed by atoms with Crippen molar-refractivity contribution in [1.29, 1.82) is 0 Å². The number of nitrogens with one attached hydrogen (secondary N) is 1. The maximum absolute atomic E-state index is 11.5. The van der Waals surface area contributed by atoms with E-state index in [2.05, 4.69) is 4.72 Å². The minimum absolute atomic E-state index is 0. The number of sulfonamides is 1. The summed E-state index contributed by atoms with van der Waals surface area (Å²) in [5.74, 6) is 0.0303. The fraction of sp³-hybridized carbons (Fsp3) is 0.250. The Morgan fingerprint density at radius 3 is 2.27 bits per heavy atom. The van der Waals surface area contributed by atoms with Crippen molar-refractivity contribution in [2.75, 3.05) is 13.1 Å². The molecule has 15 heavy (non-hydrogen) atoms. The zero-order valence-electron chi connectivity index (χ0n) is 7.88. The molecule has 4 N–H and O–H groups in total. The van der Waals surface area contributed by atoms with Crippen molar-refractivity contribution in [3.8, 4) is 5.75 Å². The Labute approximate surface area is 94.8 Å². The summed E-state index contributed by atoms with van der Waals surface area (Å²) < 4.78 is 25.2. The molecule has 0 aliphatic rings. The number of nitrogens with two attached hydrogens (primary N) is 1. The monoisotopic (exact) mass is 252 g/mol. The molecule has 0 radical (unpaired) electrons. The molecule has 0 aliphatic heterocycles. The SMILES string of the molecule is Cl.NCCNS(=O)(=O)c1ccc(O)cc1. The molecule has 0 aromatic heterocycles. The lowest BCUT2D eigenvalue weighted by Crippen LogP contribution is -2.29. The molecule has 1 aromatic rings. The molecule has 0 saturated heterocycles. The molecule has 1 rings (SSSR count). The smallest absolute Gasteiger partial charge is 0.240 e. The van der Waals surface area contributed by atoms with Crippen molar-refractivity contribution >= 4 is 22.4 Å². The summed E-state index contributed by atoms with van der Waals surface area (Å²) in [5, 5.41) is 8.96.